The summed E-state index contributed by atoms with van der Waals surface area (Å²) in [6.45, 7) is 0. The van der Waals surface area contributed by atoms with Gasteiger partial charge in [-0.3, -0.25) is 9.59 Å². The van der Waals surface area contributed by atoms with E-state index in [-0.39, 0.29) is 10.9 Å². The normalized spacial score (nSPS) is 12.5. The van der Waals surface area contributed by atoms with Gasteiger partial charge in [0, 0.05) is 73.0 Å². The number of thiophene rings is 4. The van der Waals surface area contributed by atoms with E-state index in [2.05, 4.69) is 120 Å². The fourth-order valence-corrected chi connectivity index (χ4v) is 13.1. The minimum Gasteiger partial charge on any atom is -0.354 e. The lowest BCUT2D eigenvalue weighted by Crippen LogP contribution is -2.25. The molecule has 0 spiro atoms. The summed E-state index contributed by atoms with van der Waals surface area (Å²) in [6.07, 6.45) is 5.59. The summed E-state index contributed by atoms with van der Waals surface area (Å²) in [7, 11) is 0. The van der Waals surface area contributed by atoms with Crippen molar-refractivity contribution in [3.8, 4) is 62.6 Å². The third-order valence-electron chi connectivity index (χ3n) is 11.9. The first-order valence-corrected chi connectivity index (χ1v) is 24.1. The quantitative estimate of drug-likeness (QED) is 0.163. The van der Waals surface area contributed by atoms with Crippen LogP contribution in [0.15, 0.2) is 142 Å². The SMILES string of the molecule is O=c1c2cc(-c3ccc(-c4ccc(-c5cccs5)c5c4=CCC=5)s3)ccc2[nH]c2cc3c(=O)c4cc(-c5ccc(-c6ccc(-c7cccs7)c7nsnc67)s5)ccc4[nH]c3cc12. The highest BCUT2D eigenvalue weighted by molar-refractivity contribution is 7.19. The van der Waals surface area contributed by atoms with Crippen molar-refractivity contribution < 1.29 is 0 Å². The largest absolute Gasteiger partial charge is 0.354 e. The molecule has 2 N–H and O–H groups in total. The third kappa shape index (κ3) is 5.63. The monoisotopic (exact) mass is 888 g/mol. The van der Waals surface area contributed by atoms with Crippen LogP contribution in [-0.4, -0.2) is 18.7 Å². The van der Waals surface area contributed by atoms with Crippen molar-refractivity contribution in [1.82, 2.24) is 18.7 Å². The summed E-state index contributed by atoms with van der Waals surface area (Å²) in [6, 6.07) is 41.5. The van der Waals surface area contributed by atoms with Crippen LogP contribution in [0.4, 0.5) is 0 Å². The van der Waals surface area contributed by atoms with E-state index in [0.717, 1.165) is 65.4 Å². The molecule has 0 unspecified atom stereocenters. The van der Waals surface area contributed by atoms with Gasteiger partial charge in [0.05, 0.1) is 22.8 Å². The summed E-state index contributed by atoms with van der Waals surface area (Å²) in [5.41, 5.74) is 11.0. The Balaban J connectivity index is 0.845. The average molecular weight is 889 g/mol. The molecule has 0 fully saturated rings. The van der Waals surface area contributed by atoms with Crippen LogP contribution in [0.3, 0.4) is 0 Å². The number of aromatic amines is 2. The molecular weight excluding hydrogens is 861 g/mol. The first-order valence-electron chi connectivity index (χ1n) is 20.0. The van der Waals surface area contributed by atoms with Gasteiger partial charge in [-0.25, -0.2) is 0 Å². The maximum absolute atomic E-state index is 14.3. The van der Waals surface area contributed by atoms with E-state index in [9.17, 15) is 9.59 Å². The topological polar surface area (TPSA) is 91.5 Å². The molecule has 0 saturated heterocycles. The van der Waals surface area contributed by atoms with Crippen molar-refractivity contribution in [2.75, 3.05) is 0 Å². The Hall–Kier alpha value is -6.60. The van der Waals surface area contributed by atoms with Crippen LogP contribution in [0, 0.1) is 0 Å². The highest BCUT2D eigenvalue weighted by Gasteiger charge is 2.18. The lowest BCUT2D eigenvalue weighted by atomic mass is 10.0. The standard InChI is InChI=1S/C51H28N4O2S5/c56-50-34-22-26(42-16-18-46(60-42)31-11-10-30(44-6-2-20-58-44)28-4-1-5-29(28)31)8-14-38(34)52-40-25-37-41(24-36(40)50)53-39-15-9-27(23-35(39)51(37)57)43-17-19-47(61-43)33-13-12-32(45-7-3-21-59-45)48-49(33)55-62-54-48/h2-25H,1H2,(H,52,56)(H,53,57). The summed E-state index contributed by atoms with van der Waals surface area (Å²) >= 11 is 8.12. The molecule has 0 amide bonds. The van der Waals surface area contributed by atoms with Crippen LogP contribution in [0.25, 0.3) is 129 Å². The Morgan fingerprint density at radius 1 is 0.435 bits per heavy atom. The second kappa shape index (κ2) is 14.0. The maximum Gasteiger partial charge on any atom is 0.197 e. The molecule has 13 rings (SSSR count). The van der Waals surface area contributed by atoms with Gasteiger partial charge in [-0.05, 0) is 123 Å². The smallest absolute Gasteiger partial charge is 0.197 e. The molecule has 294 valence electrons. The number of aromatic nitrogens is 4. The molecule has 11 heteroatoms. The van der Waals surface area contributed by atoms with Crippen molar-refractivity contribution in [1.29, 1.82) is 0 Å². The molecule has 6 nitrogen and oxygen atoms in total. The van der Waals surface area contributed by atoms with E-state index in [1.807, 2.05) is 42.5 Å². The maximum atomic E-state index is 14.3. The number of nitrogens with one attached hydrogen (secondary N) is 2. The Labute approximate surface area is 372 Å². The van der Waals surface area contributed by atoms with Crippen LogP contribution in [0.5, 0.6) is 0 Å². The Kier molecular flexibility index (Phi) is 8.13. The lowest BCUT2D eigenvalue weighted by Gasteiger charge is -2.09. The van der Waals surface area contributed by atoms with E-state index < -0.39 is 0 Å². The van der Waals surface area contributed by atoms with Crippen molar-refractivity contribution >= 4 is 124 Å². The van der Waals surface area contributed by atoms with Gasteiger partial charge in [0.2, 0.25) is 0 Å². The predicted octanol–water partition coefficient (Wildman–Crippen LogP) is 12.9. The van der Waals surface area contributed by atoms with Gasteiger partial charge in [-0.2, -0.15) is 8.75 Å². The molecule has 7 aromatic heterocycles. The van der Waals surface area contributed by atoms with Crippen LogP contribution in [0.2, 0.25) is 0 Å². The molecule has 5 aromatic carbocycles. The molecular formula is C51H28N4O2S5. The summed E-state index contributed by atoms with van der Waals surface area (Å²) in [5.74, 6) is 0. The number of hydrogen-bond acceptors (Lipinski definition) is 9. The Morgan fingerprint density at radius 3 is 1.42 bits per heavy atom. The predicted molar refractivity (Wildman–Crippen MR) is 266 cm³/mol. The van der Waals surface area contributed by atoms with Crippen molar-refractivity contribution in [2.45, 2.75) is 6.42 Å². The highest BCUT2D eigenvalue weighted by Crippen LogP contribution is 2.41. The van der Waals surface area contributed by atoms with Crippen molar-refractivity contribution in [2.24, 2.45) is 0 Å². The van der Waals surface area contributed by atoms with Gasteiger partial charge in [0.25, 0.3) is 0 Å². The second-order valence-corrected chi connectivity index (χ2v) is 20.0. The first-order chi connectivity index (χ1) is 30.5. The van der Waals surface area contributed by atoms with Crippen LogP contribution in [0.1, 0.15) is 6.42 Å². The minimum absolute atomic E-state index is 0.0712. The molecule has 0 atom stereocenters. The molecule has 1 aliphatic rings. The summed E-state index contributed by atoms with van der Waals surface area (Å²) < 4.78 is 9.34. The summed E-state index contributed by atoms with van der Waals surface area (Å²) in [4.78, 5) is 42.4. The van der Waals surface area contributed by atoms with Gasteiger partial charge in [-0.15, -0.1) is 45.3 Å². The van der Waals surface area contributed by atoms with Crippen LogP contribution >= 0.6 is 57.1 Å². The van der Waals surface area contributed by atoms with E-state index in [1.54, 1.807) is 45.3 Å². The minimum atomic E-state index is -0.0826. The van der Waals surface area contributed by atoms with E-state index in [1.165, 1.54) is 47.9 Å². The zero-order valence-electron chi connectivity index (χ0n) is 32.3. The van der Waals surface area contributed by atoms with E-state index in [4.69, 9.17) is 0 Å². The molecule has 0 bridgehead atoms. The van der Waals surface area contributed by atoms with Gasteiger partial charge in [0.15, 0.2) is 10.9 Å². The van der Waals surface area contributed by atoms with Crippen molar-refractivity contribution in [3.63, 3.8) is 0 Å². The number of H-pyrrole nitrogens is 2. The molecule has 0 radical (unpaired) electrons. The van der Waals surface area contributed by atoms with Gasteiger partial charge < -0.3 is 9.97 Å². The van der Waals surface area contributed by atoms with E-state index in [0.29, 0.717) is 32.6 Å². The zero-order valence-corrected chi connectivity index (χ0v) is 36.4. The molecule has 12 aromatic rings. The molecule has 0 aliphatic heterocycles. The number of benzene rings is 5. The van der Waals surface area contributed by atoms with E-state index >= 15 is 0 Å². The van der Waals surface area contributed by atoms with Crippen LogP contribution < -0.4 is 21.3 Å². The summed E-state index contributed by atoms with van der Waals surface area (Å²) in [5, 5.41) is 9.09. The second-order valence-electron chi connectivity index (χ2n) is 15.4. The fraction of sp³-hybridized carbons (Fsp3) is 0.0196. The highest BCUT2D eigenvalue weighted by atomic mass is 32.1. The number of rotatable bonds is 6. The first kappa shape index (κ1) is 36.1. The van der Waals surface area contributed by atoms with Gasteiger partial charge in [0.1, 0.15) is 11.0 Å². The Morgan fingerprint density at radius 2 is 0.887 bits per heavy atom. The van der Waals surface area contributed by atoms with Crippen molar-refractivity contribution in [3.05, 3.63) is 163 Å². The fourth-order valence-electron chi connectivity index (χ4n) is 8.96. The number of pyridine rings is 2. The Bertz CT molecular complexity index is 4070. The van der Waals surface area contributed by atoms with Gasteiger partial charge in [-0.1, -0.05) is 60.7 Å². The molecule has 62 heavy (non-hydrogen) atoms. The lowest BCUT2D eigenvalue weighted by molar-refractivity contribution is 1.46. The third-order valence-corrected chi connectivity index (χ3v) is 16.6. The number of hydrogen-bond donors (Lipinski definition) is 2. The van der Waals surface area contributed by atoms with Crippen LogP contribution in [-0.2, 0) is 0 Å². The molecule has 0 saturated carbocycles. The molecule has 7 heterocycles. The average Bonchev–Trinajstić information content (AvgIpc) is 4.15. The van der Waals surface area contributed by atoms with Gasteiger partial charge >= 0.3 is 0 Å². The number of nitrogens with zero attached hydrogens (tertiary/aromatic N) is 2. The molecule has 1 aliphatic carbocycles. The zero-order chi connectivity index (χ0) is 41.1. The number of fused-ring (bicyclic) bond motifs is 6.